The molecule has 1 fully saturated rings. The van der Waals surface area contributed by atoms with Crippen molar-refractivity contribution in [2.75, 3.05) is 56.4 Å². The Morgan fingerprint density at radius 2 is 0.842 bits per heavy atom. The molecule has 0 aromatic rings. The topological polar surface area (TPSA) is 13.0 Å². The molecule has 0 bridgehead atoms. The summed E-state index contributed by atoms with van der Waals surface area (Å²) in [4.78, 5) is 8.90. The summed E-state index contributed by atoms with van der Waals surface area (Å²) in [6, 6.07) is 0. The maximum absolute atomic E-state index is 2.23. The van der Waals surface area contributed by atoms with Crippen LogP contribution >= 0.6 is 0 Å². The van der Waals surface area contributed by atoms with Crippen LogP contribution in [0, 0.1) is 0 Å². The fourth-order valence-electron chi connectivity index (χ4n) is 3.18. The van der Waals surface area contributed by atoms with Crippen LogP contribution < -0.4 is 0 Å². The highest BCUT2D eigenvalue weighted by Gasteiger charge is 2.23. The fourth-order valence-corrected chi connectivity index (χ4v) is 3.18. The van der Waals surface area contributed by atoms with Gasteiger partial charge in [-0.2, -0.15) is 0 Å². The van der Waals surface area contributed by atoms with E-state index in [1.165, 1.54) is 24.5 Å². The number of rotatable bonds is 4. The van der Waals surface area contributed by atoms with Crippen LogP contribution in [0.2, 0.25) is 0 Å². The zero-order chi connectivity index (χ0) is 14.7. The first-order valence-electron chi connectivity index (χ1n) is 6.89. The van der Waals surface area contributed by atoms with Gasteiger partial charge in [-0.15, -0.1) is 0 Å². The third kappa shape index (κ3) is 3.58. The molecule has 1 rings (SSSR count). The van der Waals surface area contributed by atoms with Gasteiger partial charge in [-0.3, -0.25) is 0 Å². The SMILES string of the molecule is CN(C)C(=C1CCC(=C(N(C)C)N(C)C)C1)N(C)C. The molecule has 0 spiro atoms. The van der Waals surface area contributed by atoms with Crippen LogP contribution in [-0.2, 0) is 0 Å². The molecule has 0 N–H and O–H groups in total. The van der Waals surface area contributed by atoms with E-state index in [1.807, 2.05) is 0 Å². The molecule has 0 aromatic heterocycles. The van der Waals surface area contributed by atoms with Gasteiger partial charge in [0.15, 0.2) is 0 Å². The molecule has 110 valence electrons. The fraction of sp³-hybridized carbons (Fsp3) is 0.733. The zero-order valence-corrected chi connectivity index (χ0v) is 13.9. The van der Waals surface area contributed by atoms with Gasteiger partial charge in [-0.1, -0.05) is 0 Å². The van der Waals surface area contributed by atoms with Crippen LogP contribution in [0.25, 0.3) is 0 Å². The van der Waals surface area contributed by atoms with Crippen molar-refractivity contribution < 1.29 is 0 Å². The minimum absolute atomic E-state index is 1.09. The van der Waals surface area contributed by atoms with Crippen molar-refractivity contribution in [2.24, 2.45) is 0 Å². The molecule has 4 nitrogen and oxygen atoms in total. The van der Waals surface area contributed by atoms with Crippen molar-refractivity contribution in [3.8, 4) is 0 Å². The third-order valence-electron chi connectivity index (χ3n) is 3.48. The van der Waals surface area contributed by atoms with Crippen LogP contribution in [0.5, 0.6) is 0 Å². The Morgan fingerprint density at radius 3 is 1.05 bits per heavy atom. The molecule has 1 aliphatic carbocycles. The molecule has 0 unspecified atom stereocenters. The van der Waals surface area contributed by atoms with E-state index < -0.39 is 0 Å². The smallest absolute Gasteiger partial charge is 0.102 e. The predicted octanol–water partition coefficient (Wildman–Crippen LogP) is 1.84. The first-order valence-corrected chi connectivity index (χ1v) is 6.89. The first kappa shape index (κ1) is 15.7. The Morgan fingerprint density at radius 1 is 0.579 bits per heavy atom. The minimum Gasteiger partial charge on any atom is -0.364 e. The van der Waals surface area contributed by atoms with Gasteiger partial charge in [0.05, 0.1) is 0 Å². The maximum Gasteiger partial charge on any atom is 0.102 e. The Hall–Kier alpha value is -1.32. The highest BCUT2D eigenvalue weighted by molar-refractivity contribution is 5.29. The largest absolute Gasteiger partial charge is 0.364 e. The van der Waals surface area contributed by atoms with Gasteiger partial charge in [0.2, 0.25) is 0 Å². The summed E-state index contributed by atoms with van der Waals surface area (Å²) in [6.07, 6.45) is 3.44. The highest BCUT2D eigenvalue weighted by atomic mass is 15.3. The summed E-state index contributed by atoms with van der Waals surface area (Å²) in [5, 5.41) is 0. The molecule has 1 aliphatic rings. The van der Waals surface area contributed by atoms with E-state index >= 15 is 0 Å². The monoisotopic (exact) mass is 266 g/mol. The van der Waals surface area contributed by atoms with E-state index in [1.54, 1.807) is 11.1 Å². The molecular weight excluding hydrogens is 236 g/mol. The third-order valence-corrected chi connectivity index (χ3v) is 3.48. The number of hydrogen-bond acceptors (Lipinski definition) is 4. The van der Waals surface area contributed by atoms with Gasteiger partial charge in [0.25, 0.3) is 0 Å². The molecule has 0 amide bonds. The second kappa shape index (κ2) is 6.22. The lowest BCUT2D eigenvalue weighted by Gasteiger charge is -2.28. The summed E-state index contributed by atoms with van der Waals surface area (Å²) in [5.41, 5.74) is 3.09. The quantitative estimate of drug-likeness (QED) is 0.770. The maximum atomic E-state index is 2.23. The number of nitrogens with zero attached hydrogens (tertiary/aromatic N) is 4. The van der Waals surface area contributed by atoms with Gasteiger partial charge in [-0.25, -0.2) is 0 Å². The lowest BCUT2D eigenvalue weighted by molar-refractivity contribution is 0.331. The molecule has 0 atom stereocenters. The average molecular weight is 266 g/mol. The molecule has 0 heterocycles. The van der Waals surface area contributed by atoms with Crippen LogP contribution in [0.3, 0.4) is 0 Å². The van der Waals surface area contributed by atoms with Crippen molar-refractivity contribution in [3.05, 3.63) is 22.8 Å². The molecule has 0 saturated heterocycles. The second-order valence-corrected chi connectivity index (χ2v) is 6.11. The average Bonchev–Trinajstić information content (AvgIpc) is 2.64. The highest BCUT2D eigenvalue weighted by Crippen LogP contribution is 2.35. The molecule has 1 saturated carbocycles. The molecule has 0 aliphatic heterocycles. The molecule has 0 aromatic carbocycles. The van der Waals surface area contributed by atoms with E-state index in [4.69, 9.17) is 0 Å². The Labute approximate surface area is 119 Å². The Balaban J connectivity index is 3.11. The second-order valence-electron chi connectivity index (χ2n) is 6.11. The Kier molecular flexibility index (Phi) is 5.15. The normalized spacial score (nSPS) is 14.5. The van der Waals surface area contributed by atoms with Gasteiger partial charge < -0.3 is 19.6 Å². The van der Waals surface area contributed by atoms with Crippen molar-refractivity contribution in [3.63, 3.8) is 0 Å². The van der Waals surface area contributed by atoms with Gasteiger partial charge in [0.1, 0.15) is 11.6 Å². The van der Waals surface area contributed by atoms with Crippen LogP contribution in [0.1, 0.15) is 19.3 Å². The van der Waals surface area contributed by atoms with Crippen molar-refractivity contribution in [1.82, 2.24) is 19.6 Å². The lowest BCUT2D eigenvalue weighted by atomic mass is 10.2. The van der Waals surface area contributed by atoms with Crippen molar-refractivity contribution in [1.29, 1.82) is 0 Å². The summed E-state index contributed by atoms with van der Waals surface area (Å²) < 4.78 is 0. The Bertz CT molecular complexity index is 320. The molecule has 4 heteroatoms. The molecular formula is C15H30N4. The van der Waals surface area contributed by atoms with Gasteiger partial charge >= 0.3 is 0 Å². The summed E-state index contributed by atoms with van der Waals surface area (Å²) in [7, 11) is 17.0. The van der Waals surface area contributed by atoms with Crippen LogP contribution in [0.4, 0.5) is 0 Å². The van der Waals surface area contributed by atoms with Crippen molar-refractivity contribution >= 4 is 0 Å². The van der Waals surface area contributed by atoms with E-state index in [0.717, 1.165) is 6.42 Å². The summed E-state index contributed by atoms with van der Waals surface area (Å²) in [6.45, 7) is 0. The minimum atomic E-state index is 1.09. The van der Waals surface area contributed by atoms with E-state index in [0.29, 0.717) is 0 Å². The number of allylic oxidation sites excluding steroid dienone is 2. The molecule has 0 radical (unpaired) electrons. The standard InChI is InChI=1S/C15H30N4/c1-16(2)14(17(3)4)12-9-10-13(11-12)15(18(5)6)19(7)8/h9-11H2,1-8H3. The molecule has 19 heavy (non-hydrogen) atoms. The summed E-state index contributed by atoms with van der Waals surface area (Å²) >= 11 is 0. The lowest BCUT2D eigenvalue weighted by Crippen LogP contribution is -2.27. The van der Waals surface area contributed by atoms with Gasteiger partial charge in [-0.05, 0) is 30.4 Å². The first-order chi connectivity index (χ1) is 8.75. The predicted molar refractivity (Wildman–Crippen MR) is 82.7 cm³/mol. The van der Waals surface area contributed by atoms with E-state index in [9.17, 15) is 0 Å². The van der Waals surface area contributed by atoms with Crippen LogP contribution in [-0.4, -0.2) is 76.0 Å². The summed E-state index contributed by atoms with van der Waals surface area (Å²) in [5.74, 6) is 2.71. The van der Waals surface area contributed by atoms with Crippen molar-refractivity contribution in [2.45, 2.75) is 19.3 Å². The van der Waals surface area contributed by atoms with Gasteiger partial charge in [0, 0.05) is 56.4 Å². The van der Waals surface area contributed by atoms with Crippen LogP contribution in [0.15, 0.2) is 22.8 Å². The van der Waals surface area contributed by atoms with E-state index in [-0.39, 0.29) is 0 Å². The number of hydrogen-bond donors (Lipinski definition) is 0. The zero-order valence-electron chi connectivity index (χ0n) is 13.9. The van der Waals surface area contributed by atoms with E-state index in [2.05, 4.69) is 76.0 Å².